The Morgan fingerprint density at radius 3 is 1.15 bits per heavy atom. The maximum Gasteiger partial charge on any atom is 0.125 e. The number of hydrogen-bond acceptors (Lipinski definition) is 12. The Labute approximate surface area is 649 Å². The van der Waals surface area contributed by atoms with Gasteiger partial charge in [-0.25, -0.2) is 4.39 Å². The molecule has 20 rings (SSSR count). The number of aryl methyl sites for hydroxylation is 8. The van der Waals surface area contributed by atoms with E-state index in [1.54, 1.807) is 57.3 Å². The molecule has 15 aromatic rings. The number of aliphatic hydroxyl groups is 1. The summed E-state index contributed by atoms with van der Waals surface area (Å²) in [4.78, 5) is 29.7. The van der Waals surface area contributed by atoms with Crippen molar-refractivity contribution < 1.29 is 9.50 Å². The number of aliphatic hydroxyl groups excluding tert-OH is 1. The van der Waals surface area contributed by atoms with Gasteiger partial charge in [-0.2, -0.15) is 0 Å². The highest BCUT2D eigenvalue weighted by atomic mass is 32.1. The molecule has 12 nitrogen and oxygen atoms in total. The quantitative estimate of drug-likeness (QED) is 0.138. The summed E-state index contributed by atoms with van der Waals surface area (Å²) >= 11 is 9.33. The average Bonchev–Trinajstić information content (AvgIpc) is 1.61. The Balaban J connectivity index is 0.000000102. The third-order valence-electron chi connectivity index (χ3n) is 22.2. The minimum Gasteiger partial charge on any atom is -0.391 e. The fourth-order valence-corrected chi connectivity index (χ4v) is 22.4. The number of pyridine rings is 1. The van der Waals surface area contributed by atoms with Crippen LogP contribution in [0, 0.1) is 33.5 Å². The molecule has 0 radical (unpaired) electrons. The lowest BCUT2D eigenvalue weighted by molar-refractivity contribution is 0.285. The van der Waals surface area contributed by atoms with Crippen molar-refractivity contribution in [1.29, 1.82) is 0 Å². The minimum atomic E-state index is -0.177. The van der Waals surface area contributed by atoms with Gasteiger partial charge in [0.15, 0.2) is 0 Å². The van der Waals surface area contributed by atoms with Gasteiger partial charge >= 0.3 is 0 Å². The van der Waals surface area contributed by atoms with Gasteiger partial charge in [-0.15, -0.1) is 56.7 Å². The zero-order valence-corrected chi connectivity index (χ0v) is 67.4. The molecule has 5 aliphatic rings. The van der Waals surface area contributed by atoms with Gasteiger partial charge < -0.3 is 52.4 Å². The van der Waals surface area contributed by atoms with Crippen LogP contribution in [0.15, 0.2) is 170 Å². The van der Waals surface area contributed by atoms with Gasteiger partial charge in [-0.1, -0.05) is 97.1 Å². The number of fused-ring (bicyclic) bond motifs is 15. The van der Waals surface area contributed by atoms with Crippen molar-refractivity contribution in [3.8, 4) is 11.4 Å². The molecule has 4 aromatic carbocycles. The number of likely N-dealkylation sites (N-methyl/N-ethyl adjacent to an activating group) is 5. The second-order valence-electron chi connectivity index (χ2n) is 30.2. The Morgan fingerprint density at radius 2 is 0.720 bits per heavy atom. The summed E-state index contributed by atoms with van der Waals surface area (Å²) in [5.41, 5.74) is 21.4. The van der Waals surface area contributed by atoms with E-state index in [4.69, 9.17) is 0 Å². The summed E-state index contributed by atoms with van der Waals surface area (Å²) in [6.45, 7) is 22.9. The molecule has 0 spiro atoms. The van der Waals surface area contributed by atoms with Crippen LogP contribution < -0.4 is 0 Å². The first-order valence-electron chi connectivity index (χ1n) is 38.0. The van der Waals surface area contributed by atoms with Crippen LogP contribution in [0.3, 0.4) is 0 Å². The van der Waals surface area contributed by atoms with Crippen molar-refractivity contribution in [2.45, 2.75) is 132 Å². The summed E-state index contributed by atoms with van der Waals surface area (Å²) in [5, 5.41) is 16.6. The van der Waals surface area contributed by atoms with Crippen molar-refractivity contribution in [3.63, 3.8) is 0 Å². The number of thiophene rings is 5. The van der Waals surface area contributed by atoms with Crippen LogP contribution in [0.25, 0.3) is 62.5 Å². The highest BCUT2D eigenvalue weighted by Gasteiger charge is 2.30. The van der Waals surface area contributed by atoms with Crippen LogP contribution in [-0.4, -0.2) is 125 Å². The van der Waals surface area contributed by atoms with Gasteiger partial charge in [0.2, 0.25) is 0 Å². The Morgan fingerprint density at radius 1 is 0.364 bits per heavy atom. The normalized spacial score (nSPS) is 15.5. The van der Waals surface area contributed by atoms with Crippen LogP contribution in [-0.2, 0) is 104 Å². The lowest BCUT2D eigenvalue weighted by atomic mass is 10.1. The van der Waals surface area contributed by atoms with Crippen molar-refractivity contribution in [2.75, 3.05) is 68.0 Å². The third kappa shape index (κ3) is 15.3. The topological polar surface area (TPSA) is 74.0 Å². The first-order chi connectivity index (χ1) is 52.1. The molecular formula is C89H98FN11OS5. The molecule has 0 amide bonds. The standard InChI is InChI=1S/C19H22N2OS.C19H22N2S.C18H20N2S.C17H17FN2S.C16H17N3S/c1-20-9-8-18-17(12-20)16-11-15(13-22)23-19(16)21(18)10-7-14-5-3-2-4-6-14;1-14-12-16-17-13-20(2)10-9-18(17)21(19(16)22-14)11-8-15-6-4-3-5-7-15;1-13-10-15-16-12-19(2)9-8-17(16)20(18(15)21-13)11-14-6-4-3-5-7-14;1-11-8-14-15-10-19(2)7-6-16(15)20(17(14)21-11)13-5-3-4-12(18)9-13;1-11-9-13-14-10-18(2)8-5-15(14)19(16(13)20-11)12-3-6-17-7-4-12/h2-6,11,22H,7-10,12-13H2,1H3;3-7,12H,8-11,13H2,1-2H3;3-7,10H,8-9,11-12H2,1-2H3;3-5,8-9H,6-7,10H2,1-2H3;3-4,6-7,9H,5,8,10H2,1-2H3. The Hall–Kier alpha value is -8.08. The van der Waals surface area contributed by atoms with Crippen LogP contribution in [0.4, 0.5) is 4.39 Å². The van der Waals surface area contributed by atoms with E-state index in [1.165, 1.54) is 152 Å². The Kier molecular flexibility index (Phi) is 21.8. The van der Waals surface area contributed by atoms with E-state index >= 15 is 0 Å². The number of hydrogen-bond donors (Lipinski definition) is 1. The average molecular weight is 1520 g/mol. The van der Waals surface area contributed by atoms with Gasteiger partial charge in [-0.3, -0.25) is 4.98 Å². The highest BCUT2D eigenvalue weighted by molar-refractivity contribution is 7.20. The lowest BCUT2D eigenvalue weighted by Crippen LogP contribution is -2.27. The van der Waals surface area contributed by atoms with Crippen molar-refractivity contribution >= 4 is 108 Å². The number of rotatable bonds is 11. The van der Waals surface area contributed by atoms with Crippen LogP contribution in [0.5, 0.6) is 0 Å². The molecule has 0 fully saturated rings. The van der Waals surface area contributed by atoms with Gasteiger partial charge in [-0.05, 0) is 181 Å². The molecule has 18 heteroatoms. The van der Waals surface area contributed by atoms with Gasteiger partial charge in [0.05, 0.1) is 6.61 Å². The van der Waals surface area contributed by atoms with E-state index in [9.17, 15) is 9.50 Å². The predicted molar refractivity (Wildman–Crippen MR) is 450 cm³/mol. The van der Waals surface area contributed by atoms with Gasteiger partial charge in [0.25, 0.3) is 0 Å². The maximum absolute atomic E-state index is 13.6. The molecule has 0 atom stereocenters. The fourth-order valence-electron chi connectivity index (χ4n) is 17.0. The summed E-state index contributed by atoms with van der Waals surface area (Å²) in [5.74, 6) is -0.177. The monoisotopic (exact) mass is 1520 g/mol. The lowest BCUT2D eigenvalue weighted by Gasteiger charge is -2.24. The third-order valence-corrected chi connectivity index (χ3v) is 27.5. The number of halogens is 1. The molecule has 16 heterocycles. The molecule has 107 heavy (non-hydrogen) atoms. The van der Waals surface area contributed by atoms with E-state index in [2.05, 4.69) is 249 Å². The molecule has 0 unspecified atom stereocenters. The summed E-state index contributed by atoms with van der Waals surface area (Å²) < 4.78 is 26.0. The molecule has 11 aromatic heterocycles. The molecule has 5 aliphatic heterocycles. The van der Waals surface area contributed by atoms with Gasteiger partial charge in [0, 0.05) is 221 Å². The zero-order valence-electron chi connectivity index (χ0n) is 63.3. The van der Waals surface area contributed by atoms with Crippen LogP contribution in [0.1, 0.15) is 97.4 Å². The summed E-state index contributed by atoms with van der Waals surface area (Å²) in [6.07, 6.45) is 11.5. The van der Waals surface area contributed by atoms with E-state index in [-0.39, 0.29) is 12.4 Å². The first-order valence-corrected chi connectivity index (χ1v) is 42.1. The smallest absolute Gasteiger partial charge is 0.125 e. The number of nitrogens with zero attached hydrogens (tertiary/aromatic N) is 11. The molecule has 552 valence electrons. The zero-order chi connectivity index (χ0) is 73.6. The molecule has 0 saturated heterocycles. The summed E-state index contributed by atoms with van der Waals surface area (Å²) in [7, 11) is 11.0. The van der Waals surface area contributed by atoms with E-state index in [0.29, 0.717) is 0 Å². The van der Waals surface area contributed by atoms with Crippen LogP contribution >= 0.6 is 56.7 Å². The van der Waals surface area contributed by atoms with Crippen molar-refractivity contribution in [3.05, 3.63) is 273 Å². The molecule has 0 aliphatic carbocycles. The van der Waals surface area contributed by atoms with Crippen molar-refractivity contribution in [1.82, 2.24) is 52.3 Å². The molecule has 1 N–H and O–H groups in total. The fraction of sp³-hybridized carbons (Fsp3) is 0.337. The Bertz CT molecular complexity index is 5610. The predicted octanol–water partition coefficient (Wildman–Crippen LogP) is 19.2. The highest BCUT2D eigenvalue weighted by Crippen LogP contribution is 2.43. The SMILES string of the molecule is CN1CCc2c(c3cc(CO)sc3n2CCc2ccccc2)C1.Cc1cc2c3c(n(-c4cccc(F)c4)c2s1)CCN(C)C3.Cc1cc2c3c(n(-c4ccncc4)c2s1)CCN(C)C3.Cc1cc2c3c(n(CCc4ccccc4)c2s1)CCN(C)C3.Cc1cc2c3c(n(Cc4ccccc4)c2s1)CCN(C)C3. The number of benzene rings is 4. The van der Waals surface area contributed by atoms with E-state index in [1.807, 2.05) is 52.5 Å². The number of aromatic nitrogens is 6. The second-order valence-corrected chi connectivity index (χ2v) is 36.2. The van der Waals surface area contributed by atoms with E-state index in [0.717, 1.165) is 121 Å². The first kappa shape index (κ1) is 73.1. The maximum atomic E-state index is 13.6. The molecular weight excluding hydrogens is 1420 g/mol. The van der Waals surface area contributed by atoms with E-state index < -0.39 is 0 Å². The largest absolute Gasteiger partial charge is 0.391 e. The van der Waals surface area contributed by atoms with Gasteiger partial charge in [0.1, 0.15) is 30.0 Å². The van der Waals surface area contributed by atoms with Crippen molar-refractivity contribution in [2.24, 2.45) is 0 Å². The minimum absolute atomic E-state index is 0.142. The van der Waals surface area contributed by atoms with Crippen LogP contribution in [0.2, 0.25) is 0 Å². The summed E-state index contributed by atoms with van der Waals surface area (Å²) in [6, 6.07) is 55.1. The molecule has 0 saturated carbocycles. The second kappa shape index (κ2) is 31.9. The molecule has 0 bridgehead atoms.